The van der Waals surface area contributed by atoms with Gasteiger partial charge in [0, 0.05) is 42.9 Å². The van der Waals surface area contributed by atoms with Crippen LogP contribution >= 0.6 is 0 Å². The van der Waals surface area contributed by atoms with E-state index in [9.17, 15) is 4.79 Å². The number of para-hydroxylation sites is 2. The quantitative estimate of drug-likeness (QED) is 0.758. The van der Waals surface area contributed by atoms with Gasteiger partial charge in [-0.2, -0.15) is 10.2 Å². The summed E-state index contributed by atoms with van der Waals surface area (Å²) in [5.74, 6) is 1.28. The normalized spacial score (nSPS) is 16.5. The van der Waals surface area contributed by atoms with Crippen molar-refractivity contribution in [3.63, 3.8) is 0 Å². The number of ether oxygens (including phenoxy) is 1. The number of H-pyrrole nitrogens is 1. The molecule has 0 bridgehead atoms. The van der Waals surface area contributed by atoms with Crippen molar-refractivity contribution in [3.8, 4) is 11.4 Å². The predicted molar refractivity (Wildman–Crippen MR) is 104 cm³/mol. The van der Waals surface area contributed by atoms with Gasteiger partial charge in [-0.05, 0) is 25.0 Å². The average Bonchev–Trinajstić information content (AvgIpc) is 3.34. The summed E-state index contributed by atoms with van der Waals surface area (Å²) in [5, 5.41) is 12.1. The van der Waals surface area contributed by atoms with Crippen LogP contribution in [-0.4, -0.2) is 44.4 Å². The number of rotatable bonds is 4. The molecule has 7 nitrogen and oxygen atoms in total. The lowest BCUT2D eigenvalue weighted by Crippen LogP contribution is -2.36. The summed E-state index contributed by atoms with van der Waals surface area (Å²) in [6, 6.07) is 7.64. The Morgan fingerprint density at radius 1 is 1.29 bits per heavy atom. The molecule has 2 aliphatic rings. The molecule has 1 aliphatic heterocycles. The molecule has 0 saturated heterocycles. The van der Waals surface area contributed by atoms with E-state index >= 15 is 0 Å². The van der Waals surface area contributed by atoms with Crippen molar-refractivity contribution in [1.82, 2.24) is 24.9 Å². The van der Waals surface area contributed by atoms with Crippen molar-refractivity contribution in [2.45, 2.75) is 38.1 Å². The summed E-state index contributed by atoms with van der Waals surface area (Å²) in [7, 11) is 1.63. The highest BCUT2D eigenvalue weighted by atomic mass is 16.5. The SMILES string of the molecule is COc1ccccc1-n1cc(C(=O)N2CCc3[nH]nc(C4CCC4)c3C2)cn1. The smallest absolute Gasteiger partial charge is 0.257 e. The van der Waals surface area contributed by atoms with Crippen LogP contribution < -0.4 is 4.74 Å². The molecule has 3 heterocycles. The van der Waals surface area contributed by atoms with Crippen LogP contribution in [0.2, 0.25) is 0 Å². The van der Waals surface area contributed by atoms with Crippen LogP contribution in [0.25, 0.3) is 5.69 Å². The largest absolute Gasteiger partial charge is 0.494 e. The van der Waals surface area contributed by atoms with Gasteiger partial charge in [-0.25, -0.2) is 4.68 Å². The summed E-state index contributed by atoms with van der Waals surface area (Å²) < 4.78 is 7.09. The molecule has 7 heteroatoms. The minimum atomic E-state index is 0.00700. The highest BCUT2D eigenvalue weighted by molar-refractivity contribution is 5.94. The van der Waals surface area contributed by atoms with Gasteiger partial charge < -0.3 is 9.64 Å². The minimum Gasteiger partial charge on any atom is -0.494 e. The molecule has 1 fully saturated rings. The van der Waals surface area contributed by atoms with Gasteiger partial charge in [-0.1, -0.05) is 18.6 Å². The highest BCUT2D eigenvalue weighted by Gasteiger charge is 2.31. The van der Waals surface area contributed by atoms with Crippen LogP contribution in [0.5, 0.6) is 5.75 Å². The summed E-state index contributed by atoms with van der Waals surface area (Å²) in [6.07, 6.45) is 7.91. The van der Waals surface area contributed by atoms with Gasteiger partial charge in [-0.3, -0.25) is 9.89 Å². The second kappa shape index (κ2) is 6.82. The molecule has 0 spiro atoms. The van der Waals surface area contributed by atoms with E-state index in [4.69, 9.17) is 4.74 Å². The molecular formula is C21H23N5O2. The van der Waals surface area contributed by atoms with E-state index in [1.807, 2.05) is 29.2 Å². The maximum atomic E-state index is 13.1. The summed E-state index contributed by atoms with van der Waals surface area (Å²) in [6.45, 7) is 1.31. The first-order valence-corrected chi connectivity index (χ1v) is 9.78. The van der Waals surface area contributed by atoms with Crippen LogP contribution in [0.4, 0.5) is 0 Å². The number of nitrogens with one attached hydrogen (secondary N) is 1. The lowest BCUT2D eigenvalue weighted by atomic mass is 9.81. The molecule has 1 amide bonds. The van der Waals surface area contributed by atoms with Crippen molar-refractivity contribution in [1.29, 1.82) is 0 Å². The monoisotopic (exact) mass is 377 g/mol. The molecule has 0 unspecified atom stereocenters. The Kier molecular flexibility index (Phi) is 4.15. The zero-order chi connectivity index (χ0) is 19.1. The van der Waals surface area contributed by atoms with Crippen molar-refractivity contribution in [2.75, 3.05) is 13.7 Å². The third-order valence-corrected chi connectivity index (χ3v) is 5.91. The first-order valence-electron chi connectivity index (χ1n) is 9.78. The maximum Gasteiger partial charge on any atom is 0.257 e. The van der Waals surface area contributed by atoms with Crippen molar-refractivity contribution >= 4 is 5.91 Å². The summed E-state index contributed by atoms with van der Waals surface area (Å²) in [4.78, 5) is 15.0. The fraction of sp³-hybridized carbons (Fsp3) is 0.381. The molecule has 144 valence electrons. The standard InChI is InChI=1S/C21H23N5O2/c1-28-19-8-3-2-7-18(19)26-12-15(11-22-26)21(27)25-10-9-17-16(13-25)20(24-23-17)14-5-4-6-14/h2-3,7-8,11-12,14H,4-6,9-10,13H2,1H3,(H,23,24). The number of fused-ring (bicyclic) bond motifs is 1. The van der Waals surface area contributed by atoms with Gasteiger partial charge in [0.25, 0.3) is 5.91 Å². The molecular weight excluding hydrogens is 354 g/mol. The lowest BCUT2D eigenvalue weighted by Gasteiger charge is -2.30. The summed E-state index contributed by atoms with van der Waals surface area (Å²) in [5.41, 5.74) is 4.98. The number of carbonyl (C=O) groups is 1. The van der Waals surface area contributed by atoms with Crippen molar-refractivity contribution < 1.29 is 9.53 Å². The zero-order valence-electron chi connectivity index (χ0n) is 15.9. The second-order valence-corrected chi connectivity index (χ2v) is 7.52. The fourth-order valence-corrected chi connectivity index (χ4v) is 4.08. The highest BCUT2D eigenvalue weighted by Crippen LogP contribution is 2.39. The molecule has 1 saturated carbocycles. The molecule has 0 radical (unpaired) electrons. The van der Waals surface area contributed by atoms with Gasteiger partial charge in [0.1, 0.15) is 11.4 Å². The number of hydrogen-bond donors (Lipinski definition) is 1. The zero-order valence-corrected chi connectivity index (χ0v) is 15.9. The van der Waals surface area contributed by atoms with Gasteiger partial charge in [-0.15, -0.1) is 0 Å². The second-order valence-electron chi connectivity index (χ2n) is 7.52. The van der Waals surface area contributed by atoms with E-state index in [-0.39, 0.29) is 5.91 Å². The van der Waals surface area contributed by atoms with E-state index in [2.05, 4.69) is 15.3 Å². The summed E-state index contributed by atoms with van der Waals surface area (Å²) >= 11 is 0. The van der Waals surface area contributed by atoms with Crippen LogP contribution in [0.15, 0.2) is 36.7 Å². The third kappa shape index (κ3) is 2.78. The molecule has 5 rings (SSSR count). The van der Waals surface area contributed by atoms with Gasteiger partial charge in [0.2, 0.25) is 0 Å². The van der Waals surface area contributed by atoms with E-state index in [0.29, 0.717) is 24.6 Å². The molecule has 3 aromatic rings. The Labute approximate surface area is 163 Å². The van der Waals surface area contributed by atoms with Crippen molar-refractivity contribution in [2.24, 2.45) is 0 Å². The number of carbonyl (C=O) groups excluding carboxylic acids is 1. The number of amides is 1. The predicted octanol–water partition coefficient (Wildman–Crippen LogP) is 3.07. The molecule has 2 aromatic heterocycles. The maximum absolute atomic E-state index is 13.1. The van der Waals surface area contributed by atoms with Crippen LogP contribution in [0.1, 0.15) is 52.5 Å². The minimum absolute atomic E-state index is 0.00700. The number of nitrogens with zero attached hydrogens (tertiary/aromatic N) is 4. The topological polar surface area (TPSA) is 76.0 Å². The Balaban J connectivity index is 1.38. The van der Waals surface area contributed by atoms with E-state index in [1.165, 1.54) is 36.2 Å². The number of methoxy groups -OCH3 is 1. The molecule has 1 aliphatic carbocycles. The van der Waals surface area contributed by atoms with Gasteiger partial charge in [0.05, 0.1) is 24.6 Å². The first-order chi connectivity index (χ1) is 13.7. The molecule has 1 aromatic carbocycles. The number of aromatic nitrogens is 4. The van der Waals surface area contributed by atoms with Crippen LogP contribution in [-0.2, 0) is 13.0 Å². The Morgan fingerprint density at radius 3 is 2.93 bits per heavy atom. The lowest BCUT2D eigenvalue weighted by molar-refractivity contribution is 0.0733. The van der Waals surface area contributed by atoms with E-state index in [0.717, 1.165) is 17.9 Å². The molecule has 0 atom stereocenters. The fourth-order valence-electron chi connectivity index (χ4n) is 4.08. The number of benzene rings is 1. The van der Waals surface area contributed by atoms with Crippen molar-refractivity contribution in [3.05, 3.63) is 59.2 Å². The number of aromatic amines is 1. The number of hydrogen-bond acceptors (Lipinski definition) is 4. The Bertz CT molecular complexity index is 1020. The average molecular weight is 377 g/mol. The van der Waals surface area contributed by atoms with Gasteiger partial charge >= 0.3 is 0 Å². The van der Waals surface area contributed by atoms with Crippen LogP contribution in [0.3, 0.4) is 0 Å². The molecule has 28 heavy (non-hydrogen) atoms. The third-order valence-electron chi connectivity index (χ3n) is 5.91. The Hall–Kier alpha value is -3.09. The van der Waals surface area contributed by atoms with E-state index in [1.54, 1.807) is 24.2 Å². The van der Waals surface area contributed by atoms with E-state index < -0.39 is 0 Å². The first kappa shape index (κ1) is 17.0. The Morgan fingerprint density at radius 2 is 2.14 bits per heavy atom. The molecule has 1 N–H and O–H groups in total. The van der Waals surface area contributed by atoms with Crippen LogP contribution in [0, 0.1) is 0 Å². The van der Waals surface area contributed by atoms with Gasteiger partial charge in [0.15, 0.2) is 0 Å².